The maximum atomic E-state index is 13.5. The van der Waals surface area contributed by atoms with Crippen LogP contribution in [0.3, 0.4) is 0 Å². The van der Waals surface area contributed by atoms with E-state index in [1.807, 2.05) is 79.7 Å². The highest BCUT2D eigenvalue weighted by Gasteiger charge is 2.18. The minimum absolute atomic E-state index is 0.144. The van der Waals surface area contributed by atoms with E-state index in [0.717, 1.165) is 17.0 Å². The molecule has 0 amide bonds. The zero-order valence-electron chi connectivity index (χ0n) is 18.2. The highest BCUT2D eigenvalue weighted by atomic mass is 32.2. The lowest BCUT2D eigenvalue weighted by Crippen LogP contribution is -2.22. The summed E-state index contributed by atoms with van der Waals surface area (Å²) >= 11 is 1.44. The Labute approximate surface area is 194 Å². The summed E-state index contributed by atoms with van der Waals surface area (Å²) in [6, 6.07) is 24.6. The molecule has 0 bridgehead atoms. The standard InChI is InChI=1S/C26H21N3O3S/c1-17-21(27-24(32-17)18-10-4-3-5-11-18)16-33-26-28-20-13-7-6-12-19(20)25(30)29(26)22-14-8-9-15-23(22)31-2/h3-15H,16H2,1-2H3. The minimum Gasteiger partial charge on any atom is -0.495 e. The van der Waals surface area contributed by atoms with E-state index in [1.54, 1.807) is 17.7 Å². The van der Waals surface area contributed by atoms with Crippen LogP contribution in [-0.2, 0) is 5.75 Å². The molecule has 0 unspecified atom stereocenters. The van der Waals surface area contributed by atoms with Crippen molar-refractivity contribution in [3.63, 3.8) is 0 Å². The maximum Gasteiger partial charge on any atom is 0.266 e. The zero-order valence-corrected chi connectivity index (χ0v) is 19.0. The van der Waals surface area contributed by atoms with E-state index in [9.17, 15) is 4.79 Å². The number of hydrogen-bond acceptors (Lipinski definition) is 6. The summed E-state index contributed by atoms with van der Waals surface area (Å²) in [5.41, 5.74) is 2.89. The molecule has 2 heterocycles. The van der Waals surface area contributed by atoms with Gasteiger partial charge in [-0.15, -0.1) is 0 Å². The predicted molar refractivity (Wildman–Crippen MR) is 130 cm³/mol. The first kappa shape index (κ1) is 21.0. The Morgan fingerprint density at radius 3 is 2.48 bits per heavy atom. The van der Waals surface area contributed by atoms with Crippen molar-refractivity contribution in [3.05, 3.63) is 101 Å². The molecule has 0 saturated carbocycles. The van der Waals surface area contributed by atoms with E-state index in [-0.39, 0.29) is 5.56 Å². The average Bonchev–Trinajstić information content (AvgIpc) is 3.24. The van der Waals surface area contributed by atoms with Crippen molar-refractivity contribution in [2.75, 3.05) is 7.11 Å². The van der Waals surface area contributed by atoms with Gasteiger partial charge in [0.15, 0.2) is 5.16 Å². The summed E-state index contributed by atoms with van der Waals surface area (Å²) in [6.07, 6.45) is 0. The van der Waals surface area contributed by atoms with Gasteiger partial charge in [-0.3, -0.25) is 9.36 Å². The molecule has 0 saturated heterocycles. The van der Waals surface area contributed by atoms with Crippen LogP contribution in [0.1, 0.15) is 11.5 Å². The van der Waals surface area contributed by atoms with Gasteiger partial charge in [-0.25, -0.2) is 9.97 Å². The van der Waals surface area contributed by atoms with Crippen molar-refractivity contribution in [2.24, 2.45) is 0 Å². The van der Waals surface area contributed by atoms with E-state index in [0.29, 0.717) is 39.1 Å². The summed E-state index contributed by atoms with van der Waals surface area (Å²) < 4.78 is 13.0. The first-order valence-electron chi connectivity index (χ1n) is 10.5. The molecule has 5 aromatic rings. The largest absolute Gasteiger partial charge is 0.495 e. The van der Waals surface area contributed by atoms with Crippen LogP contribution in [0.5, 0.6) is 5.75 Å². The van der Waals surface area contributed by atoms with Gasteiger partial charge in [0.25, 0.3) is 5.56 Å². The van der Waals surface area contributed by atoms with Crippen LogP contribution in [-0.4, -0.2) is 21.6 Å². The van der Waals surface area contributed by atoms with E-state index >= 15 is 0 Å². The second-order valence-electron chi connectivity index (χ2n) is 7.40. The summed E-state index contributed by atoms with van der Waals surface area (Å²) in [6.45, 7) is 1.90. The Hall–Kier alpha value is -3.84. The molecule has 6 nitrogen and oxygen atoms in total. The molecule has 5 rings (SSSR count). The summed E-state index contributed by atoms with van der Waals surface area (Å²) in [4.78, 5) is 23.0. The number of methoxy groups -OCH3 is 1. The van der Waals surface area contributed by atoms with Gasteiger partial charge in [0.2, 0.25) is 5.89 Å². The summed E-state index contributed by atoms with van der Waals surface area (Å²) in [7, 11) is 1.59. The Balaban J connectivity index is 1.57. The first-order valence-corrected chi connectivity index (χ1v) is 11.4. The quantitative estimate of drug-likeness (QED) is 0.243. The predicted octanol–water partition coefficient (Wildman–Crippen LogP) is 5.65. The zero-order chi connectivity index (χ0) is 22.8. The number of thioether (sulfide) groups is 1. The Kier molecular flexibility index (Phi) is 5.71. The smallest absolute Gasteiger partial charge is 0.266 e. The second-order valence-corrected chi connectivity index (χ2v) is 8.34. The third-order valence-electron chi connectivity index (χ3n) is 5.32. The van der Waals surface area contributed by atoms with Crippen LogP contribution in [0.4, 0.5) is 0 Å². The lowest BCUT2D eigenvalue weighted by Gasteiger charge is -2.15. The molecule has 0 aliphatic heterocycles. The van der Waals surface area contributed by atoms with Crippen LogP contribution >= 0.6 is 11.8 Å². The molecule has 3 aromatic carbocycles. The van der Waals surface area contributed by atoms with Crippen molar-refractivity contribution in [1.82, 2.24) is 14.5 Å². The lowest BCUT2D eigenvalue weighted by molar-refractivity contribution is 0.411. The molecule has 0 N–H and O–H groups in total. The SMILES string of the molecule is COc1ccccc1-n1c(SCc2nc(-c3ccccc3)oc2C)nc2ccccc2c1=O. The number of hydrogen-bond donors (Lipinski definition) is 0. The van der Waals surface area contributed by atoms with Crippen LogP contribution in [0.15, 0.2) is 93.2 Å². The van der Waals surface area contributed by atoms with Crippen molar-refractivity contribution in [2.45, 2.75) is 17.8 Å². The minimum atomic E-state index is -0.144. The third kappa shape index (κ3) is 4.03. The number of aryl methyl sites for hydroxylation is 1. The molecule has 7 heteroatoms. The fraction of sp³-hybridized carbons (Fsp3) is 0.115. The number of fused-ring (bicyclic) bond motifs is 1. The molecule has 0 atom stereocenters. The van der Waals surface area contributed by atoms with Gasteiger partial charge in [0.1, 0.15) is 11.5 Å². The second kappa shape index (κ2) is 8.96. The lowest BCUT2D eigenvalue weighted by atomic mass is 10.2. The molecular weight excluding hydrogens is 434 g/mol. The van der Waals surface area contributed by atoms with Gasteiger partial charge in [-0.2, -0.15) is 0 Å². The number of ether oxygens (including phenoxy) is 1. The van der Waals surface area contributed by atoms with Gasteiger partial charge in [-0.05, 0) is 43.3 Å². The molecule has 0 aliphatic rings. The molecule has 0 radical (unpaired) electrons. The number of oxazole rings is 1. The Morgan fingerprint density at radius 2 is 1.67 bits per heavy atom. The third-order valence-corrected chi connectivity index (χ3v) is 6.27. The van der Waals surface area contributed by atoms with Crippen molar-refractivity contribution in [3.8, 4) is 22.9 Å². The number of aromatic nitrogens is 3. The molecule has 0 fully saturated rings. The normalized spacial score (nSPS) is 11.1. The van der Waals surface area contributed by atoms with Gasteiger partial charge in [-0.1, -0.05) is 54.2 Å². The fourth-order valence-electron chi connectivity index (χ4n) is 3.64. The number of benzene rings is 3. The van der Waals surface area contributed by atoms with E-state index in [1.165, 1.54) is 11.8 Å². The van der Waals surface area contributed by atoms with Gasteiger partial charge >= 0.3 is 0 Å². The number of para-hydroxylation sites is 3. The molecule has 164 valence electrons. The van der Waals surface area contributed by atoms with E-state index in [4.69, 9.17) is 14.1 Å². The summed E-state index contributed by atoms with van der Waals surface area (Å²) in [5.74, 6) is 2.43. The van der Waals surface area contributed by atoms with Gasteiger partial charge < -0.3 is 9.15 Å². The monoisotopic (exact) mass is 455 g/mol. The number of rotatable bonds is 6. The van der Waals surface area contributed by atoms with Gasteiger partial charge in [0.05, 0.1) is 29.4 Å². The van der Waals surface area contributed by atoms with Gasteiger partial charge in [0, 0.05) is 11.3 Å². The number of nitrogens with zero attached hydrogens (tertiary/aromatic N) is 3. The molecular formula is C26H21N3O3S. The van der Waals surface area contributed by atoms with Crippen molar-refractivity contribution >= 4 is 22.7 Å². The molecule has 2 aromatic heterocycles. The highest BCUT2D eigenvalue weighted by Crippen LogP contribution is 2.30. The van der Waals surface area contributed by atoms with E-state index in [2.05, 4.69) is 4.98 Å². The Morgan fingerprint density at radius 1 is 0.939 bits per heavy atom. The fourth-order valence-corrected chi connectivity index (χ4v) is 4.64. The topological polar surface area (TPSA) is 70.2 Å². The molecule has 0 spiro atoms. The molecule has 0 aliphatic carbocycles. The Bertz CT molecular complexity index is 1490. The average molecular weight is 456 g/mol. The van der Waals surface area contributed by atoms with Crippen LogP contribution in [0, 0.1) is 6.92 Å². The van der Waals surface area contributed by atoms with Crippen LogP contribution < -0.4 is 10.3 Å². The maximum absolute atomic E-state index is 13.5. The van der Waals surface area contributed by atoms with Crippen molar-refractivity contribution < 1.29 is 9.15 Å². The first-order chi connectivity index (χ1) is 16.2. The van der Waals surface area contributed by atoms with Crippen LogP contribution in [0.25, 0.3) is 28.0 Å². The van der Waals surface area contributed by atoms with Crippen LogP contribution in [0.2, 0.25) is 0 Å². The summed E-state index contributed by atoms with van der Waals surface area (Å²) in [5, 5.41) is 1.11. The van der Waals surface area contributed by atoms with E-state index < -0.39 is 0 Å². The molecule has 33 heavy (non-hydrogen) atoms. The highest BCUT2D eigenvalue weighted by molar-refractivity contribution is 7.98. The van der Waals surface area contributed by atoms with Crippen molar-refractivity contribution in [1.29, 1.82) is 0 Å².